The second-order valence-corrected chi connectivity index (χ2v) is 4.04. The van der Waals surface area contributed by atoms with Crippen molar-refractivity contribution in [2.75, 3.05) is 13.2 Å². The Morgan fingerprint density at radius 1 is 1.40 bits per heavy atom. The number of aliphatic hydroxyl groups is 2. The Hall–Kier alpha value is -0.460. The summed E-state index contributed by atoms with van der Waals surface area (Å²) in [5.74, 6) is 0. The van der Waals surface area contributed by atoms with Gasteiger partial charge in [0.25, 0.3) is 0 Å². The van der Waals surface area contributed by atoms with Gasteiger partial charge in [0.15, 0.2) is 6.29 Å². The number of fused-ring (bicyclic) bond motifs is 1. The van der Waals surface area contributed by atoms with Gasteiger partial charge in [0.05, 0.1) is 13.2 Å². The fraction of sp³-hybridized carbons (Fsp3) is 0.800. The summed E-state index contributed by atoms with van der Waals surface area (Å²) in [6.07, 6.45) is -2.54. The summed E-state index contributed by atoms with van der Waals surface area (Å²) in [7, 11) is 0. The maximum Gasteiger partial charge on any atom is 0.177 e. The molecule has 15 heavy (non-hydrogen) atoms. The zero-order valence-corrected chi connectivity index (χ0v) is 8.63. The van der Waals surface area contributed by atoms with Crippen LogP contribution in [-0.2, 0) is 14.2 Å². The minimum absolute atomic E-state index is 0.262. The van der Waals surface area contributed by atoms with E-state index < -0.39 is 12.4 Å². The SMILES string of the molecule is C=C(C)C(O)O[C@@H]1CO[C@H]2[C@@H]1OC[C@@H]2O. The highest BCUT2D eigenvalue weighted by Gasteiger charge is 2.48. The van der Waals surface area contributed by atoms with Gasteiger partial charge < -0.3 is 24.4 Å². The fourth-order valence-corrected chi connectivity index (χ4v) is 1.84. The first-order valence-electron chi connectivity index (χ1n) is 5.00. The highest BCUT2D eigenvalue weighted by atomic mass is 16.7. The van der Waals surface area contributed by atoms with Gasteiger partial charge in [-0.15, -0.1) is 0 Å². The molecule has 2 rings (SSSR count). The lowest BCUT2D eigenvalue weighted by Crippen LogP contribution is -2.35. The van der Waals surface area contributed by atoms with Gasteiger partial charge in [-0.1, -0.05) is 6.58 Å². The molecule has 5 atom stereocenters. The second kappa shape index (κ2) is 4.19. The van der Waals surface area contributed by atoms with Crippen LogP contribution in [0.4, 0.5) is 0 Å². The third-order valence-electron chi connectivity index (χ3n) is 2.71. The molecule has 0 amide bonds. The van der Waals surface area contributed by atoms with Crippen molar-refractivity contribution in [3.8, 4) is 0 Å². The molecule has 0 aliphatic carbocycles. The van der Waals surface area contributed by atoms with Crippen LogP contribution < -0.4 is 0 Å². The molecule has 0 aromatic heterocycles. The smallest absolute Gasteiger partial charge is 0.177 e. The Bertz CT molecular complexity index is 254. The number of ether oxygens (including phenoxy) is 3. The van der Waals surface area contributed by atoms with E-state index in [9.17, 15) is 10.2 Å². The summed E-state index contributed by atoms with van der Waals surface area (Å²) in [5, 5.41) is 19.0. The summed E-state index contributed by atoms with van der Waals surface area (Å²) in [6, 6.07) is 0. The van der Waals surface area contributed by atoms with Crippen LogP contribution in [0.3, 0.4) is 0 Å². The first kappa shape index (κ1) is 11.0. The first-order valence-corrected chi connectivity index (χ1v) is 5.00. The molecule has 0 bridgehead atoms. The molecule has 2 heterocycles. The summed E-state index contributed by atoms with van der Waals surface area (Å²) >= 11 is 0. The molecular formula is C10H16O5. The molecule has 0 aromatic rings. The van der Waals surface area contributed by atoms with Gasteiger partial charge in [-0.05, 0) is 12.5 Å². The molecule has 1 unspecified atom stereocenters. The van der Waals surface area contributed by atoms with Crippen LogP contribution in [0.15, 0.2) is 12.2 Å². The van der Waals surface area contributed by atoms with Crippen molar-refractivity contribution in [3.05, 3.63) is 12.2 Å². The van der Waals surface area contributed by atoms with Crippen LogP contribution in [0.5, 0.6) is 0 Å². The Kier molecular flexibility index (Phi) is 3.08. The monoisotopic (exact) mass is 216 g/mol. The molecular weight excluding hydrogens is 200 g/mol. The van der Waals surface area contributed by atoms with Gasteiger partial charge in [-0.25, -0.2) is 0 Å². The van der Waals surface area contributed by atoms with Crippen LogP contribution in [0.2, 0.25) is 0 Å². The maximum absolute atomic E-state index is 9.48. The summed E-state index contributed by atoms with van der Waals surface area (Å²) < 4.78 is 16.0. The lowest BCUT2D eigenvalue weighted by molar-refractivity contribution is -0.139. The molecule has 2 fully saturated rings. The molecule has 0 saturated carbocycles. The van der Waals surface area contributed by atoms with Gasteiger partial charge in [-0.3, -0.25) is 0 Å². The van der Waals surface area contributed by atoms with Crippen molar-refractivity contribution in [2.24, 2.45) is 0 Å². The molecule has 0 aromatic carbocycles. The predicted molar refractivity (Wildman–Crippen MR) is 51.2 cm³/mol. The average Bonchev–Trinajstić information content (AvgIpc) is 2.71. The standard InChI is InChI=1S/C10H16O5/c1-5(2)10(12)15-7-4-14-8-6(11)3-13-9(7)8/h6-12H,1,3-4H2,2H3/t6-,7+,8+,9+,10?/m0/s1. The summed E-state index contributed by atoms with van der Waals surface area (Å²) in [6.45, 7) is 5.87. The van der Waals surface area contributed by atoms with E-state index in [4.69, 9.17) is 14.2 Å². The molecule has 0 spiro atoms. The number of hydrogen-bond donors (Lipinski definition) is 2. The Morgan fingerprint density at radius 3 is 2.73 bits per heavy atom. The number of rotatable bonds is 3. The third kappa shape index (κ3) is 2.07. The van der Waals surface area contributed by atoms with Gasteiger partial charge >= 0.3 is 0 Å². The zero-order valence-electron chi connectivity index (χ0n) is 8.63. The van der Waals surface area contributed by atoms with Crippen molar-refractivity contribution in [3.63, 3.8) is 0 Å². The van der Waals surface area contributed by atoms with Crippen molar-refractivity contribution >= 4 is 0 Å². The minimum Gasteiger partial charge on any atom is -0.388 e. The van der Waals surface area contributed by atoms with Crippen LogP contribution in [-0.4, -0.2) is 54.1 Å². The highest BCUT2D eigenvalue weighted by molar-refractivity contribution is 4.98. The van der Waals surface area contributed by atoms with Crippen LogP contribution in [0.1, 0.15) is 6.92 Å². The van der Waals surface area contributed by atoms with E-state index in [0.717, 1.165) is 0 Å². The summed E-state index contributed by atoms with van der Waals surface area (Å²) in [5.41, 5.74) is 0.539. The van der Waals surface area contributed by atoms with Gasteiger partial charge in [-0.2, -0.15) is 0 Å². The molecule has 5 heteroatoms. The van der Waals surface area contributed by atoms with Gasteiger partial charge in [0.1, 0.15) is 24.4 Å². The largest absolute Gasteiger partial charge is 0.388 e. The molecule has 2 aliphatic heterocycles. The van der Waals surface area contributed by atoms with E-state index in [0.29, 0.717) is 12.2 Å². The number of hydrogen-bond acceptors (Lipinski definition) is 5. The van der Waals surface area contributed by atoms with E-state index in [1.54, 1.807) is 6.92 Å². The second-order valence-electron chi connectivity index (χ2n) is 4.04. The first-order chi connectivity index (χ1) is 7.09. The highest BCUT2D eigenvalue weighted by Crippen LogP contribution is 2.29. The third-order valence-corrected chi connectivity index (χ3v) is 2.71. The molecule has 5 nitrogen and oxygen atoms in total. The molecule has 2 N–H and O–H groups in total. The van der Waals surface area contributed by atoms with E-state index >= 15 is 0 Å². The van der Waals surface area contributed by atoms with Crippen molar-refractivity contribution in [1.29, 1.82) is 0 Å². The van der Waals surface area contributed by atoms with E-state index in [1.807, 2.05) is 0 Å². The van der Waals surface area contributed by atoms with Gasteiger partial charge in [0, 0.05) is 0 Å². The predicted octanol–water partition coefficient (Wildman–Crippen LogP) is -0.575. The molecule has 0 radical (unpaired) electrons. The molecule has 2 saturated heterocycles. The van der Waals surface area contributed by atoms with E-state index in [2.05, 4.69) is 6.58 Å². The molecule has 2 aliphatic rings. The van der Waals surface area contributed by atoms with Crippen LogP contribution in [0, 0.1) is 0 Å². The summed E-state index contributed by atoms with van der Waals surface area (Å²) in [4.78, 5) is 0. The Morgan fingerprint density at radius 2 is 2.07 bits per heavy atom. The normalized spacial score (nSPS) is 41.5. The maximum atomic E-state index is 9.48. The van der Waals surface area contributed by atoms with Gasteiger partial charge in [0.2, 0.25) is 0 Å². The van der Waals surface area contributed by atoms with E-state index in [1.165, 1.54) is 0 Å². The average molecular weight is 216 g/mol. The topological polar surface area (TPSA) is 68.2 Å². The quantitative estimate of drug-likeness (QED) is 0.488. The Labute approximate surface area is 88.3 Å². The number of aliphatic hydroxyl groups excluding tert-OH is 2. The lowest BCUT2D eigenvalue weighted by atomic mass is 10.1. The molecule has 86 valence electrons. The van der Waals surface area contributed by atoms with Crippen LogP contribution >= 0.6 is 0 Å². The van der Waals surface area contributed by atoms with Crippen LogP contribution in [0.25, 0.3) is 0 Å². The minimum atomic E-state index is -1.00. The van der Waals surface area contributed by atoms with Crippen molar-refractivity contribution in [1.82, 2.24) is 0 Å². The zero-order chi connectivity index (χ0) is 11.0. The fourth-order valence-electron chi connectivity index (χ4n) is 1.84. The van der Waals surface area contributed by atoms with Crippen molar-refractivity contribution in [2.45, 2.75) is 37.6 Å². The lowest BCUT2D eigenvalue weighted by Gasteiger charge is -2.20. The van der Waals surface area contributed by atoms with Crippen molar-refractivity contribution < 1.29 is 24.4 Å². The van der Waals surface area contributed by atoms with E-state index in [-0.39, 0.29) is 24.9 Å². The Balaban J connectivity index is 1.92.